The summed E-state index contributed by atoms with van der Waals surface area (Å²) in [6.07, 6.45) is 1.84. The number of rotatable bonds is 6. The Kier molecular flexibility index (Phi) is 6.71. The van der Waals surface area contributed by atoms with Crippen LogP contribution in [-0.4, -0.2) is 35.4 Å². The predicted octanol–water partition coefficient (Wildman–Crippen LogP) is 4.71. The van der Waals surface area contributed by atoms with Gasteiger partial charge in [-0.1, -0.05) is 53.8 Å². The second kappa shape index (κ2) is 8.36. The molecule has 24 heavy (non-hydrogen) atoms. The lowest BCUT2D eigenvalue weighted by molar-refractivity contribution is -0.122. The van der Waals surface area contributed by atoms with E-state index in [2.05, 4.69) is 29.8 Å². The molecule has 4 nitrogen and oxygen atoms in total. The van der Waals surface area contributed by atoms with Gasteiger partial charge < -0.3 is 9.47 Å². The maximum absolute atomic E-state index is 12.6. The van der Waals surface area contributed by atoms with Gasteiger partial charge in [0.2, 0.25) is 0 Å². The van der Waals surface area contributed by atoms with Crippen molar-refractivity contribution in [2.45, 2.75) is 20.8 Å². The molecule has 1 saturated heterocycles. The van der Waals surface area contributed by atoms with Gasteiger partial charge in [-0.3, -0.25) is 9.69 Å². The monoisotopic (exact) mass is 429 g/mol. The Morgan fingerprint density at radius 1 is 1.38 bits per heavy atom. The van der Waals surface area contributed by atoms with E-state index >= 15 is 0 Å². The van der Waals surface area contributed by atoms with Gasteiger partial charge >= 0.3 is 0 Å². The smallest absolute Gasteiger partial charge is 0.266 e. The molecule has 1 amide bonds. The molecular weight excluding hydrogens is 410 g/mol. The molecule has 0 aliphatic carbocycles. The minimum atomic E-state index is -0.0431. The fourth-order valence-electron chi connectivity index (χ4n) is 2.25. The number of hydrogen-bond donors (Lipinski definition) is 0. The summed E-state index contributed by atoms with van der Waals surface area (Å²) in [5.74, 6) is 1.61. The predicted molar refractivity (Wildman–Crippen MR) is 107 cm³/mol. The number of amides is 1. The number of thioether (sulfide) groups is 1. The largest absolute Gasteiger partial charge is 0.493 e. The number of halogens is 1. The van der Waals surface area contributed by atoms with Gasteiger partial charge in [-0.05, 0) is 36.6 Å². The number of benzene rings is 1. The first kappa shape index (κ1) is 19.3. The Labute approximate surface area is 160 Å². The van der Waals surface area contributed by atoms with Crippen LogP contribution in [0.1, 0.15) is 26.3 Å². The van der Waals surface area contributed by atoms with Crippen molar-refractivity contribution in [2.24, 2.45) is 5.92 Å². The molecule has 130 valence electrons. The Hall–Kier alpha value is -1.05. The van der Waals surface area contributed by atoms with Gasteiger partial charge in [0.05, 0.1) is 18.6 Å². The third-order valence-corrected chi connectivity index (χ3v) is 5.36. The van der Waals surface area contributed by atoms with Crippen molar-refractivity contribution < 1.29 is 14.3 Å². The summed E-state index contributed by atoms with van der Waals surface area (Å²) in [6, 6.07) is 3.70. The van der Waals surface area contributed by atoms with Gasteiger partial charge in [0.1, 0.15) is 4.32 Å². The lowest BCUT2D eigenvalue weighted by atomic mass is 10.1. The van der Waals surface area contributed by atoms with Crippen LogP contribution in [0.4, 0.5) is 0 Å². The first-order chi connectivity index (χ1) is 11.4. The van der Waals surface area contributed by atoms with Crippen molar-refractivity contribution in [2.75, 3.05) is 20.3 Å². The third kappa shape index (κ3) is 4.32. The number of ether oxygens (including phenoxy) is 2. The summed E-state index contributed by atoms with van der Waals surface area (Å²) >= 11 is 10.2. The van der Waals surface area contributed by atoms with Gasteiger partial charge in [-0.25, -0.2) is 0 Å². The Bertz CT molecular complexity index is 689. The molecular formula is C17H20BrNO3S2. The standard InChI is InChI=1S/C17H20BrNO3S2/c1-5-22-14-8-12(18)11(6-13(14)21-4)7-15-16(20)19(9-10(2)3)17(23)24-15/h6-8,10H,5,9H2,1-4H3/b15-7-. The van der Waals surface area contributed by atoms with E-state index < -0.39 is 0 Å². The lowest BCUT2D eigenvalue weighted by Gasteiger charge is -2.16. The van der Waals surface area contributed by atoms with E-state index in [1.807, 2.05) is 25.1 Å². The van der Waals surface area contributed by atoms with E-state index in [4.69, 9.17) is 21.7 Å². The first-order valence-electron chi connectivity index (χ1n) is 7.63. The minimum absolute atomic E-state index is 0.0431. The van der Waals surface area contributed by atoms with Crippen LogP contribution in [-0.2, 0) is 4.79 Å². The van der Waals surface area contributed by atoms with Crippen LogP contribution in [0.2, 0.25) is 0 Å². The number of carbonyl (C=O) groups excluding carboxylic acids is 1. The lowest BCUT2D eigenvalue weighted by Crippen LogP contribution is -2.31. The van der Waals surface area contributed by atoms with Crippen molar-refractivity contribution in [3.05, 3.63) is 27.1 Å². The van der Waals surface area contributed by atoms with Crippen molar-refractivity contribution in [1.29, 1.82) is 0 Å². The zero-order valence-electron chi connectivity index (χ0n) is 14.1. The van der Waals surface area contributed by atoms with Gasteiger partial charge in [0.15, 0.2) is 11.5 Å². The highest BCUT2D eigenvalue weighted by atomic mass is 79.9. The second-order valence-corrected chi connectivity index (χ2v) is 8.17. The van der Waals surface area contributed by atoms with Gasteiger partial charge in [0, 0.05) is 11.0 Å². The van der Waals surface area contributed by atoms with E-state index in [0.717, 1.165) is 10.0 Å². The Morgan fingerprint density at radius 3 is 2.67 bits per heavy atom. The number of nitrogens with zero attached hydrogens (tertiary/aromatic N) is 1. The third-order valence-electron chi connectivity index (χ3n) is 3.29. The summed E-state index contributed by atoms with van der Waals surface area (Å²) < 4.78 is 12.4. The molecule has 7 heteroatoms. The molecule has 0 N–H and O–H groups in total. The first-order valence-corrected chi connectivity index (χ1v) is 9.64. The highest BCUT2D eigenvalue weighted by Crippen LogP contribution is 2.38. The quantitative estimate of drug-likeness (QED) is 0.483. The molecule has 2 rings (SSSR count). The van der Waals surface area contributed by atoms with E-state index in [9.17, 15) is 4.79 Å². The normalized spacial score (nSPS) is 16.4. The zero-order chi connectivity index (χ0) is 17.9. The number of hydrogen-bond acceptors (Lipinski definition) is 5. The zero-order valence-corrected chi connectivity index (χ0v) is 17.3. The highest BCUT2D eigenvalue weighted by molar-refractivity contribution is 9.10. The molecule has 0 spiro atoms. The van der Waals surface area contributed by atoms with Crippen molar-refractivity contribution in [3.63, 3.8) is 0 Å². The summed E-state index contributed by atoms with van der Waals surface area (Å²) in [5, 5.41) is 0. The van der Waals surface area contributed by atoms with Crippen LogP contribution in [0.5, 0.6) is 11.5 Å². The summed E-state index contributed by atoms with van der Waals surface area (Å²) in [5.41, 5.74) is 0.848. The average molecular weight is 430 g/mol. The molecule has 1 fully saturated rings. The van der Waals surface area contributed by atoms with Gasteiger partial charge in [0.25, 0.3) is 5.91 Å². The van der Waals surface area contributed by atoms with Crippen molar-refractivity contribution >= 4 is 56.2 Å². The van der Waals surface area contributed by atoms with Crippen molar-refractivity contribution in [3.8, 4) is 11.5 Å². The number of thiocarbonyl (C=S) groups is 1. The van der Waals surface area contributed by atoms with Gasteiger partial charge in [-0.15, -0.1) is 0 Å². The van der Waals surface area contributed by atoms with E-state index in [0.29, 0.717) is 39.8 Å². The minimum Gasteiger partial charge on any atom is -0.493 e. The number of carbonyl (C=O) groups is 1. The highest BCUT2D eigenvalue weighted by Gasteiger charge is 2.32. The molecule has 0 unspecified atom stereocenters. The number of methoxy groups -OCH3 is 1. The SMILES string of the molecule is CCOc1cc(Br)c(/C=C2\SC(=S)N(CC(C)C)C2=O)cc1OC. The molecule has 0 saturated carbocycles. The molecule has 0 aromatic heterocycles. The molecule has 1 aliphatic rings. The summed E-state index contributed by atoms with van der Waals surface area (Å²) in [4.78, 5) is 14.9. The maximum atomic E-state index is 12.6. The van der Waals surface area contributed by atoms with E-state index in [1.165, 1.54) is 11.8 Å². The molecule has 0 atom stereocenters. The molecule has 1 aliphatic heterocycles. The second-order valence-electron chi connectivity index (χ2n) is 5.64. The molecule has 0 radical (unpaired) electrons. The summed E-state index contributed by atoms with van der Waals surface area (Å²) in [6.45, 7) is 7.24. The average Bonchev–Trinajstić information content (AvgIpc) is 2.77. The fraction of sp³-hybridized carbons (Fsp3) is 0.412. The van der Waals surface area contributed by atoms with E-state index in [-0.39, 0.29) is 5.91 Å². The topological polar surface area (TPSA) is 38.8 Å². The Morgan fingerprint density at radius 2 is 2.08 bits per heavy atom. The fourth-order valence-corrected chi connectivity index (χ4v) is 3.96. The molecule has 0 bridgehead atoms. The van der Waals surface area contributed by atoms with Crippen LogP contribution >= 0.6 is 39.9 Å². The van der Waals surface area contributed by atoms with Crippen LogP contribution in [0.3, 0.4) is 0 Å². The van der Waals surface area contributed by atoms with E-state index in [1.54, 1.807) is 12.0 Å². The van der Waals surface area contributed by atoms with Crippen LogP contribution in [0, 0.1) is 5.92 Å². The maximum Gasteiger partial charge on any atom is 0.266 e. The van der Waals surface area contributed by atoms with Gasteiger partial charge in [-0.2, -0.15) is 0 Å². The summed E-state index contributed by atoms with van der Waals surface area (Å²) in [7, 11) is 1.59. The van der Waals surface area contributed by atoms with Crippen molar-refractivity contribution in [1.82, 2.24) is 4.90 Å². The van der Waals surface area contributed by atoms with Crippen LogP contribution in [0.15, 0.2) is 21.5 Å². The van der Waals surface area contributed by atoms with Crippen LogP contribution < -0.4 is 9.47 Å². The molecule has 1 aromatic carbocycles. The van der Waals surface area contributed by atoms with Crippen LogP contribution in [0.25, 0.3) is 6.08 Å². The molecule has 1 aromatic rings. The Balaban J connectivity index is 2.34. The molecule has 1 heterocycles.